The number of amides is 1. The molecule has 2 aromatic carbocycles. The zero-order valence-electron chi connectivity index (χ0n) is 20.1. The van der Waals surface area contributed by atoms with Gasteiger partial charge in [0.1, 0.15) is 28.6 Å². The van der Waals surface area contributed by atoms with Crippen LogP contribution in [-0.4, -0.2) is 27.9 Å². The van der Waals surface area contributed by atoms with Gasteiger partial charge in [-0.05, 0) is 68.5 Å². The van der Waals surface area contributed by atoms with Gasteiger partial charge in [-0.2, -0.15) is 10.2 Å². The first-order chi connectivity index (χ1) is 17.9. The highest BCUT2D eigenvalue weighted by molar-refractivity contribution is 6.10. The molecule has 37 heavy (non-hydrogen) atoms. The van der Waals surface area contributed by atoms with E-state index in [1.54, 1.807) is 37.3 Å². The molecule has 4 aromatic rings. The number of benzene rings is 2. The molecule has 9 heteroatoms. The maximum absolute atomic E-state index is 13.3. The Bertz CT molecular complexity index is 1600. The average Bonchev–Trinajstić information content (AvgIpc) is 2.90. The maximum atomic E-state index is 13.3. The van der Waals surface area contributed by atoms with Crippen molar-refractivity contribution in [2.45, 2.75) is 13.8 Å². The van der Waals surface area contributed by atoms with Gasteiger partial charge in [-0.25, -0.2) is 4.79 Å². The Labute approximate surface area is 212 Å². The van der Waals surface area contributed by atoms with Crippen molar-refractivity contribution in [3.05, 3.63) is 106 Å². The Morgan fingerprint density at radius 1 is 1.08 bits per heavy atom. The Hall–Kier alpha value is -5.23. The Balaban J connectivity index is 1.69. The molecular formula is C28H22N4O5. The second-order valence-corrected chi connectivity index (χ2v) is 7.90. The molecule has 0 spiro atoms. The Morgan fingerprint density at radius 3 is 2.49 bits per heavy atom. The minimum absolute atomic E-state index is 0.0422. The number of aromatic nitrogens is 2. The van der Waals surface area contributed by atoms with Gasteiger partial charge in [0, 0.05) is 11.9 Å². The monoisotopic (exact) mass is 494 g/mol. The van der Waals surface area contributed by atoms with Crippen molar-refractivity contribution in [3.8, 4) is 17.7 Å². The van der Waals surface area contributed by atoms with Crippen LogP contribution in [0.1, 0.15) is 28.4 Å². The van der Waals surface area contributed by atoms with Crippen LogP contribution >= 0.6 is 0 Å². The minimum Gasteiger partial charge on any atom is -0.462 e. The molecule has 2 heterocycles. The van der Waals surface area contributed by atoms with Crippen molar-refractivity contribution in [2.75, 3.05) is 11.9 Å². The van der Waals surface area contributed by atoms with Crippen LogP contribution in [0.25, 0.3) is 11.7 Å². The number of nitrogens with zero attached hydrogens (tertiary/aromatic N) is 3. The number of carbonyl (C=O) groups excluding carboxylic acids is 2. The number of pyridine rings is 1. The van der Waals surface area contributed by atoms with Crippen molar-refractivity contribution in [2.24, 2.45) is 0 Å². The van der Waals surface area contributed by atoms with Crippen molar-refractivity contribution in [1.29, 1.82) is 5.26 Å². The normalized spacial score (nSPS) is 11.0. The van der Waals surface area contributed by atoms with Gasteiger partial charge in [0.15, 0.2) is 0 Å². The predicted molar refractivity (Wildman–Crippen MR) is 137 cm³/mol. The average molecular weight is 495 g/mol. The molecule has 0 saturated carbocycles. The molecule has 1 N–H and O–H groups in total. The van der Waals surface area contributed by atoms with Crippen LogP contribution in [0, 0.1) is 18.3 Å². The van der Waals surface area contributed by atoms with E-state index in [9.17, 15) is 19.6 Å². The van der Waals surface area contributed by atoms with Crippen LogP contribution in [0.15, 0.2) is 83.3 Å². The molecule has 1 amide bonds. The summed E-state index contributed by atoms with van der Waals surface area (Å²) < 4.78 is 12.1. The number of esters is 1. The summed E-state index contributed by atoms with van der Waals surface area (Å²) in [6.07, 6.45) is 2.69. The van der Waals surface area contributed by atoms with E-state index in [1.165, 1.54) is 34.9 Å². The SMILES string of the molecule is CCOC(=O)c1ccc(NC(=O)/C(C#N)=C\c2c(Oc3ccc(C)cc3)nc3ccccn3c2=O)cc1. The van der Waals surface area contributed by atoms with Gasteiger partial charge in [0.2, 0.25) is 5.88 Å². The van der Waals surface area contributed by atoms with Gasteiger partial charge in [-0.15, -0.1) is 0 Å². The highest BCUT2D eigenvalue weighted by Crippen LogP contribution is 2.24. The molecule has 0 bridgehead atoms. The van der Waals surface area contributed by atoms with Crippen LogP contribution in [0.5, 0.6) is 11.6 Å². The van der Waals surface area contributed by atoms with Gasteiger partial charge in [-0.1, -0.05) is 23.8 Å². The second-order valence-electron chi connectivity index (χ2n) is 7.90. The van der Waals surface area contributed by atoms with E-state index in [0.717, 1.165) is 11.6 Å². The van der Waals surface area contributed by atoms with Gasteiger partial charge in [0.05, 0.1) is 12.2 Å². The number of hydrogen-bond donors (Lipinski definition) is 1. The third-order valence-corrected chi connectivity index (χ3v) is 5.28. The fourth-order valence-electron chi connectivity index (χ4n) is 3.40. The highest BCUT2D eigenvalue weighted by atomic mass is 16.5. The number of aryl methyl sites for hydroxylation is 1. The molecule has 0 aliphatic rings. The zero-order valence-corrected chi connectivity index (χ0v) is 20.1. The van der Waals surface area contributed by atoms with Crippen LogP contribution in [0.3, 0.4) is 0 Å². The molecule has 0 aliphatic heterocycles. The van der Waals surface area contributed by atoms with Crippen molar-refractivity contribution in [1.82, 2.24) is 9.38 Å². The van der Waals surface area contributed by atoms with Crippen LogP contribution in [0.2, 0.25) is 0 Å². The third-order valence-electron chi connectivity index (χ3n) is 5.28. The van der Waals surface area contributed by atoms with E-state index in [1.807, 2.05) is 25.1 Å². The predicted octanol–water partition coefficient (Wildman–Crippen LogP) is 4.52. The molecule has 0 atom stereocenters. The summed E-state index contributed by atoms with van der Waals surface area (Å²) in [5.41, 5.74) is 1.14. The lowest BCUT2D eigenvalue weighted by molar-refractivity contribution is -0.112. The molecular weight excluding hydrogens is 472 g/mol. The number of rotatable bonds is 7. The van der Waals surface area contributed by atoms with E-state index in [0.29, 0.717) is 22.6 Å². The number of anilines is 1. The van der Waals surface area contributed by atoms with Crippen LogP contribution in [0.4, 0.5) is 5.69 Å². The molecule has 0 aliphatic carbocycles. The van der Waals surface area contributed by atoms with Gasteiger partial charge in [0.25, 0.3) is 11.5 Å². The van der Waals surface area contributed by atoms with E-state index < -0.39 is 17.4 Å². The molecule has 4 rings (SSSR count). The number of fused-ring (bicyclic) bond motifs is 1. The van der Waals surface area contributed by atoms with Gasteiger partial charge >= 0.3 is 5.97 Å². The van der Waals surface area contributed by atoms with Crippen LogP contribution in [-0.2, 0) is 9.53 Å². The molecule has 0 fully saturated rings. The lowest BCUT2D eigenvalue weighted by atomic mass is 10.1. The van der Waals surface area contributed by atoms with E-state index in [4.69, 9.17) is 9.47 Å². The molecule has 0 saturated heterocycles. The molecule has 9 nitrogen and oxygen atoms in total. The van der Waals surface area contributed by atoms with Crippen LogP contribution < -0.4 is 15.6 Å². The quantitative estimate of drug-likeness (QED) is 0.228. The maximum Gasteiger partial charge on any atom is 0.338 e. The summed E-state index contributed by atoms with van der Waals surface area (Å²) in [4.78, 5) is 42.4. The topological polar surface area (TPSA) is 123 Å². The van der Waals surface area contributed by atoms with Crippen molar-refractivity contribution < 1.29 is 19.1 Å². The summed E-state index contributed by atoms with van der Waals surface area (Å²) in [6.45, 7) is 3.88. The summed E-state index contributed by atoms with van der Waals surface area (Å²) in [6, 6.07) is 20.1. The number of nitriles is 1. The summed E-state index contributed by atoms with van der Waals surface area (Å²) >= 11 is 0. The summed E-state index contributed by atoms with van der Waals surface area (Å²) in [5.74, 6) is -0.829. The fourth-order valence-corrected chi connectivity index (χ4v) is 3.40. The van der Waals surface area contributed by atoms with E-state index >= 15 is 0 Å². The van der Waals surface area contributed by atoms with Gasteiger partial charge < -0.3 is 14.8 Å². The lowest BCUT2D eigenvalue weighted by Crippen LogP contribution is -2.20. The minimum atomic E-state index is -0.745. The molecule has 0 radical (unpaired) electrons. The highest BCUT2D eigenvalue weighted by Gasteiger charge is 2.18. The first kappa shape index (κ1) is 24.9. The summed E-state index contributed by atoms with van der Waals surface area (Å²) in [5, 5.41) is 12.3. The van der Waals surface area contributed by atoms with E-state index in [2.05, 4.69) is 10.3 Å². The number of carbonyl (C=O) groups is 2. The zero-order chi connectivity index (χ0) is 26.4. The summed E-state index contributed by atoms with van der Waals surface area (Å²) in [7, 11) is 0. The van der Waals surface area contributed by atoms with Crippen molar-refractivity contribution >= 4 is 29.3 Å². The Morgan fingerprint density at radius 2 is 1.81 bits per heavy atom. The smallest absolute Gasteiger partial charge is 0.338 e. The number of hydrogen-bond acceptors (Lipinski definition) is 7. The molecule has 184 valence electrons. The van der Waals surface area contributed by atoms with Gasteiger partial charge in [-0.3, -0.25) is 14.0 Å². The number of nitrogens with one attached hydrogen (secondary N) is 1. The van der Waals surface area contributed by atoms with E-state index in [-0.39, 0.29) is 23.6 Å². The first-order valence-corrected chi connectivity index (χ1v) is 11.4. The molecule has 0 unspecified atom stereocenters. The fraction of sp³-hybridized carbons (Fsp3) is 0.107. The number of ether oxygens (including phenoxy) is 2. The van der Waals surface area contributed by atoms with Crippen molar-refractivity contribution in [3.63, 3.8) is 0 Å². The lowest BCUT2D eigenvalue weighted by Gasteiger charge is -2.11. The largest absolute Gasteiger partial charge is 0.462 e. The third kappa shape index (κ3) is 5.71. The first-order valence-electron chi connectivity index (χ1n) is 11.4. The Kier molecular flexibility index (Phi) is 7.40. The standard InChI is InChI=1S/C28H22N4O5/c1-3-36-28(35)19-9-11-21(12-10-19)30-25(33)20(17-29)16-23-26(37-22-13-7-18(2)8-14-22)31-24-6-4-5-15-32(24)27(23)34/h4-16H,3H2,1-2H3,(H,30,33)/b20-16-. The molecule has 2 aromatic heterocycles. The second kappa shape index (κ2) is 11.0.